The summed E-state index contributed by atoms with van der Waals surface area (Å²) in [5.41, 5.74) is 0.122. The molecule has 3 atom stereocenters. The van der Waals surface area contributed by atoms with Crippen LogP contribution in [-0.4, -0.2) is 103 Å². The molecule has 55 heavy (non-hydrogen) atoms. The minimum Gasteiger partial charge on any atom is -0.495 e. The van der Waals surface area contributed by atoms with Crippen LogP contribution in [-0.2, 0) is 19.8 Å². The van der Waals surface area contributed by atoms with E-state index in [4.69, 9.17) is 31.0 Å². The molecule has 0 spiro atoms. The van der Waals surface area contributed by atoms with Crippen molar-refractivity contribution in [3.05, 3.63) is 46.4 Å². The number of ether oxygens (including phenoxy) is 2. The molecule has 1 aromatic carbocycles. The van der Waals surface area contributed by atoms with Crippen LogP contribution in [0.3, 0.4) is 0 Å². The molecule has 14 nitrogen and oxygen atoms in total. The zero-order valence-electron chi connectivity index (χ0n) is 30.9. The fraction of sp³-hybridized carbons (Fsp3) is 0.528. The number of thiazole rings is 1. The number of pyridine rings is 1. The van der Waals surface area contributed by atoms with Gasteiger partial charge >= 0.3 is 16.2 Å². The van der Waals surface area contributed by atoms with Crippen molar-refractivity contribution in [3.63, 3.8) is 0 Å². The highest BCUT2D eigenvalue weighted by molar-refractivity contribution is 7.87. The monoisotopic (exact) mass is 823 g/mol. The molecule has 0 radical (unpaired) electrons. The third kappa shape index (κ3) is 8.97. The van der Waals surface area contributed by atoms with Crippen molar-refractivity contribution in [1.82, 2.24) is 34.5 Å². The lowest BCUT2D eigenvalue weighted by Gasteiger charge is -2.26. The maximum absolute atomic E-state index is 14.0. The number of halogens is 3. The molecule has 1 aliphatic carbocycles. The van der Waals surface area contributed by atoms with Gasteiger partial charge in [0.05, 0.1) is 31.5 Å². The van der Waals surface area contributed by atoms with Gasteiger partial charge in [-0.05, 0) is 43.7 Å². The van der Waals surface area contributed by atoms with Gasteiger partial charge in [0.2, 0.25) is 5.91 Å². The van der Waals surface area contributed by atoms with E-state index in [1.807, 2.05) is 30.0 Å². The molecule has 2 aromatic heterocycles. The number of rotatable bonds is 10. The molecule has 6 rings (SSSR count). The Morgan fingerprint density at radius 1 is 1.18 bits per heavy atom. The van der Waals surface area contributed by atoms with Gasteiger partial charge < -0.3 is 25.0 Å². The number of allylic oxidation sites excluding steroid dienone is 1. The summed E-state index contributed by atoms with van der Waals surface area (Å²) in [5, 5.41) is 8.88. The number of amides is 4. The molecule has 2 aliphatic heterocycles. The molecular weight excluding hydrogens is 780 g/mol. The van der Waals surface area contributed by atoms with Gasteiger partial charge in [0, 0.05) is 55.7 Å². The first-order valence-corrected chi connectivity index (χ1v) is 20.7. The molecule has 3 N–H and O–H groups in total. The first kappa shape index (κ1) is 40.5. The van der Waals surface area contributed by atoms with Crippen LogP contribution in [0.2, 0.25) is 5.02 Å². The fourth-order valence-corrected chi connectivity index (χ4v) is 8.98. The van der Waals surface area contributed by atoms with Crippen molar-refractivity contribution < 1.29 is 41.1 Å². The van der Waals surface area contributed by atoms with Crippen molar-refractivity contribution >= 4 is 61.9 Å². The lowest BCUT2D eigenvalue weighted by Crippen LogP contribution is -2.59. The number of nitrogens with zero attached hydrogens (tertiary/aromatic N) is 4. The zero-order chi connectivity index (χ0) is 39.7. The number of hydrogen-bond acceptors (Lipinski definition) is 10. The molecule has 3 aliphatic rings. The summed E-state index contributed by atoms with van der Waals surface area (Å²) in [6.45, 7) is 2.89. The molecule has 2 fully saturated rings. The Balaban J connectivity index is 1.26. The molecule has 0 bridgehead atoms. The average Bonchev–Trinajstić information content (AvgIpc) is 3.41. The number of nitrogens with one attached hydrogen (secondary N) is 3. The number of methoxy groups -OCH3 is 1. The van der Waals surface area contributed by atoms with Gasteiger partial charge in [0.15, 0.2) is 0 Å². The summed E-state index contributed by atoms with van der Waals surface area (Å²) in [4.78, 5) is 52.0. The molecule has 2 unspecified atom stereocenters. The normalized spacial score (nSPS) is 24.1. The minimum atomic E-state index is -4.64. The van der Waals surface area contributed by atoms with E-state index in [0.717, 1.165) is 12.1 Å². The quantitative estimate of drug-likeness (QED) is 0.231. The Labute approximate surface area is 327 Å². The topological polar surface area (TPSA) is 172 Å². The predicted octanol–water partition coefficient (Wildman–Crippen LogP) is 5.24. The van der Waals surface area contributed by atoms with Crippen LogP contribution >= 0.6 is 22.9 Å². The summed E-state index contributed by atoms with van der Waals surface area (Å²) < 4.78 is 68.0. The average molecular weight is 824 g/mol. The van der Waals surface area contributed by atoms with Gasteiger partial charge in [-0.15, -0.1) is 11.3 Å². The summed E-state index contributed by atoms with van der Waals surface area (Å²) in [7, 11) is -1.54. The minimum absolute atomic E-state index is 0.0646. The van der Waals surface area contributed by atoms with Crippen LogP contribution in [0.4, 0.5) is 13.6 Å². The highest BCUT2D eigenvalue weighted by Gasteiger charge is 2.61. The lowest BCUT2D eigenvalue weighted by molar-refractivity contribution is -0.130. The number of aromatic nitrogens is 2. The van der Waals surface area contributed by atoms with Crippen LogP contribution in [0.1, 0.15) is 64.0 Å². The van der Waals surface area contributed by atoms with Crippen LogP contribution in [0.5, 0.6) is 11.5 Å². The standard InChI is InChI=1S/C36H44ClF2N7O7S2/c1-21(2)26-19-54-32(41-26)25-17-28(23-10-11-27(52-4)29(37)30(23)40-25)53-16-12-24-31(47)43-36(33(48)44-55(50,51)46-15-13-35(38,39)20-46)18-22(36)9-7-5-6-8-14-45(3)34(49)42-24/h7,9-11,17,19,21-22,24H,5-6,8,12-16,18,20H2,1-4H3,(H,42,49)(H,43,47)(H,44,48)/b9-7-/t22?,24?,36-/m1/s1. The second-order valence-electron chi connectivity index (χ2n) is 14.3. The molecule has 1 saturated heterocycles. The number of carbonyl (C=O) groups excluding carboxylic acids is 3. The first-order chi connectivity index (χ1) is 26.0. The molecule has 4 heterocycles. The SMILES string of the molecule is COc1ccc2c(OCCC3NC(=O)N(C)CCCC/C=C\C4C[C@@]4(C(=O)NS(=O)(=O)N4CCC(F)(F)C4)NC3=O)cc(-c3nc(C(C)C)cs3)nc2c1Cl. The number of fused-ring (bicyclic) bond motifs is 2. The Morgan fingerprint density at radius 2 is 1.96 bits per heavy atom. The summed E-state index contributed by atoms with van der Waals surface area (Å²) in [6.07, 6.45) is 4.96. The summed E-state index contributed by atoms with van der Waals surface area (Å²) in [5.74, 6) is -4.61. The smallest absolute Gasteiger partial charge is 0.317 e. The van der Waals surface area contributed by atoms with Gasteiger partial charge in [-0.3, -0.25) is 9.59 Å². The van der Waals surface area contributed by atoms with Gasteiger partial charge in [-0.25, -0.2) is 28.3 Å². The van der Waals surface area contributed by atoms with Gasteiger partial charge in [-0.1, -0.05) is 37.6 Å². The van der Waals surface area contributed by atoms with E-state index in [-0.39, 0.29) is 30.4 Å². The predicted molar refractivity (Wildman–Crippen MR) is 204 cm³/mol. The number of carbonyl (C=O) groups is 3. The summed E-state index contributed by atoms with van der Waals surface area (Å²) >= 11 is 8.13. The zero-order valence-corrected chi connectivity index (χ0v) is 33.3. The van der Waals surface area contributed by atoms with Crippen LogP contribution in [0.25, 0.3) is 21.6 Å². The lowest BCUT2D eigenvalue weighted by atomic mass is 10.1. The molecule has 1 saturated carbocycles. The Kier molecular flexibility index (Phi) is 11.9. The van der Waals surface area contributed by atoms with Gasteiger partial charge in [0.1, 0.15) is 38.8 Å². The third-order valence-corrected chi connectivity index (χ3v) is 12.7. The second kappa shape index (κ2) is 16.2. The Hall–Kier alpha value is -4.13. The van der Waals surface area contributed by atoms with Crippen molar-refractivity contribution in [2.24, 2.45) is 5.92 Å². The van der Waals surface area contributed by atoms with E-state index in [2.05, 4.69) is 10.6 Å². The van der Waals surface area contributed by atoms with E-state index < -0.39 is 71.0 Å². The largest absolute Gasteiger partial charge is 0.495 e. The number of hydrogen-bond donors (Lipinski definition) is 3. The summed E-state index contributed by atoms with van der Waals surface area (Å²) in [6, 6.07) is 3.40. The number of alkyl halides is 2. The number of urea groups is 1. The van der Waals surface area contributed by atoms with E-state index >= 15 is 0 Å². The van der Waals surface area contributed by atoms with Gasteiger partial charge in [-0.2, -0.15) is 12.7 Å². The van der Waals surface area contributed by atoms with Crippen molar-refractivity contribution in [2.75, 3.05) is 40.4 Å². The fourth-order valence-electron chi connectivity index (χ4n) is 6.52. The van der Waals surface area contributed by atoms with Crippen LogP contribution in [0.15, 0.2) is 35.7 Å². The van der Waals surface area contributed by atoms with Crippen molar-refractivity contribution in [2.45, 2.75) is 75.8 Å². The maximum Gasteiger partial charge on any atom is 0.317 e. The van der Waals surface area contributed by atoms with Crippen molar-refractivity contribution in [3.8, 4) is 22.2 Å². The van der Waals surface area contributed by atoms with Crippen molar-refractivity contribution in [1.29, 1.82) is 0 Å². The molecule has 3 aromatic rings. The Morgan fingerprint density at radius 3 is 2.65 bits per heavy atom. The second-order valence-corrected chi connectivity index (χ2v) is 17.3. The molecular formula is C36H44ClF2N7O7S2. The molecule has 19 heteroatoms. The van der Waals surface area contributed by atoms with E-state index in [0.29, 0.717) is 56.8 Å². The number of benzene rings is 1. The highest BCUT2D eigenvalue weighted by Crippen LogP contribution is 2.46. The Bertz CT molecular complexity index is 2100. The van der Waals surface area contributed by atoms with Gasteiger partial charge in [0.25, 0.3) is 11.8 Å². The highest BCUT2D eigenvalue weighted by atomic mass is 35.5. The third-order valence-electron chi connectivity index (χ3n) is 9.97. The first-order valence-electron chi connectivity index (χ1n) is 18.0. The van der Waals surface area contributed by atoms with Crippen LogP contribution in [0, 0.1) is 5.92 Å². The maximum atomic E-state index is 14.0. The molecule has 4 amide bonds. The van der Waals surface area contributed by atoms with E-state index in [9.17, 15) is 31.6 Å². The van der Waals surface area contributed by atoms with Crippen LogP contribution < -0.4 is 24.8 Å². The van der Waals surface area contributed by atoms with E-state index in [1.54, 1.807) is 31.3 Å². The molecule has 298 valence electrons. The van der Waals surface area contributed by atoms with E-state index in [1.165, 1.54) is 23.3 Å².